The van der Waals surface area contributed by atoms with E-state index in [0.717, 1.165) is 12.1 Å². The van der Waals surface area contributed by atoms with Crippen molar-refractivity contribution in [3.63, 3.8) is 0 Å². The number of halogens is 2. The number of carbonyl (C=O) groups is 1. The molecule has 0 spiro atoms. The second kappa shape index (κ2) is 6.30. The van der Waals surface area contributed by atoms with Crippen molar-refractivity contribution in [3.8, 4) is 0 Å². The molecule has 0 aliphatic heterocycles. The highest BCUT2D eigenvalue weighted by atomic mass is 19.2. The van der Waals surface area contributed by atoms with Crippen LogP contribution < -0.4 is 5.73 Å². The summed E-state index contributed by atoms with van der Waals surface area (Å²) in [4.78, 5) is 11.7. The van der Waals surface area contributed by atoms with Gasteiger partial charge in [-0.1, -0.05) is 0 Å². The van der Waals surface area contributed by atoms with Gasteiger partial charge in [-0.3, -0.25) is 0 Å². The quantitative estimate of drug-likeness (QED) is 0.650. The third-order valence-corrected chi connectivity index (χ3v) is 2.18. The van der Waals surface area contributed by atoms with Gasteiger partial charge in [-0.25, -0.2) is 13.6 Å². The number of nitrogens with two attached hydrogens (primary N) is 1. The number of nitrogen functional groups attached to an aromatic ring is 1. The van der Waals surface area contributed by atoms with Gasteiger partial charge < -0.3 is 15.2 Å². The highest BCUT2D eigenvalue weighted by Crippen LogP contribution is 2.18. The molecule has 1 aromatic carbocycles. The molecular formula is C12H15F2NO3. The van der Waals surface area contributed by atoms with Crippen LogP contribution in [0.5, 0.6) is 0 Å². The number of benzene rings is 1. The first-order chi connectivity index (χ1) is 8.45. The number of carbonyl (C=O) groups excluding carboxylic acids is 1. The smallest absolute Gasteiger partial charge is 0.340 e. The Bertz CT molecular complexity index is 438. The van der Waals surface area contributed by atoms with Gasteiger partial charge in [0.2, 0.25) is 0 Å². The number of rotatable bonds is 5. The first-order valence-electron chi connectivity index (χ1n) is 5.49. The first kappa shape index (κ1) is 14.4. The lowest BCUT2D eigenvalue weighted by Crippen LogP contribution is -2.21. The molecule has 0 fully saturated rings. The van der Waals surface area contributed by atoms with E-state index in [1.165, 1.54) is 0 Å². The summed E-state index contributed by atoms with van der Waals surface area (Å²) in [6.07, 6.45) is -0.495. The van der Waals surface area contributed by atoms with E-state index in [2.05, 4.69) is 0 Å². The topological polar surface area (TPSA) is 61.5 Å². The van der Waals surface area contributed by atoms with Gasteiger partial charge in [0.1, 0.15) is 6.10 Å². The fourth-order valence-electron chi connectivity index (χ4n) is 1.30. The lowest BCUT2D eigenvalue weighted by molar-refractivity contribution is 0.00445. The summed E-state index contributed by atoms with van der Waals surface area (Å²) in [5.74, 6) is -3.06. The predicted octanol–water partition coefficient (Wildman–Crippen LogP) is 2.13. The van der Waals surface area contributed by atoms with Crippen molar-refractivity contribution in [2.24, 2.45) is 0 Å². The zero-order chi connectivity index (χ0) is 13.7. The normalized spacial score (nSPS) is 12.2. The molecule has 100 valence electrons. The Balaban J connectivity index is 2.75. The van der Waals surface area contributed by atoms with Crippen LogP contribution in [0.1, 0.15) is 24.2 Å². The van der Waals surface area contributed by atoms with Crippen LogP contribution in [0, 0.1) is 11.6 Å². The lowest BCUT2D eigenvalue weighted by Gasteiger charge is -2.14. The highest BCUT2D eigenvalue weighted by Gasteiger charge is 2.17. The number of esters is 1. The summed E-state index contributed by atoms with van der Waals surface area (Å²) in [6, 6.07) is 1.47. The minimum atomic E-state index is -1.14. The number of ether oxygens (including phenoxy) is 2. The summed E-state index contributed by atoms with van der Waals surface area (Å²) in [7, 11) is 0. The molecule has 2 N–H and O–H groups in total. The van der Waals surface area contributed by atoms with Crippen LogP contribution >= 0.6 is 0 Å². The van der Waals surface area contributed by atoms with Crippen LogP contribution in [0.2, 0.25) is 0 Å². The summed E-state index contributed by atoms with van der Waals surface area (Å²) in [6.45, 7) is 4.16. The monoisotopic (exact) mass is 259 g/mol. The van der Waals surface area contributed by atoms with Gasteiger partial charge in [0, 0.05) is 18.4 Å². The van der Waals surface area contributed by atoms with E-state index in [0.29, 0.717) is 6.61 Å². The minimum absolute atomic E-state index is 0.164. The highest BCUT2D eigenvalue weighted by molar-refractivity contribution is 5.95. The Labute approximate surface area is 104 Å². The van der Waals surface area contributed by atoms with E-state index in [1.54, 1.807) is 6.92 Å². The molecule has 4 nitrogen and oxygen atoms in total. The number of hydrogen-bond donors (Lipinski definition) is 1. The molecule has 0 aromatic heterocycles. The van der Waals surface area contributed by atoms with Gasteiger partial charge in [-0.15, -0.1) is 0 Å². The maximum absolute atomic E-state index is 13.0. The first-order valence-corrected chi connectivity index (χ1v) is 5.49. The standard InChI is InChI=1S/C12H15F2NO3/c1-3-17-6-7(2)18-12(16)8-4-9(13)10(14)5-11(8)15/h4-5,7H,3,6,15H2,1-2H3. The lowest BCUT2D eigenvalue weighted by atomic mass is 10.1. The zero-order valence-corrected chi connectivity index (χ0v) is 10.2. The second-order valence-electron chi connectivity index (χ2n) is 3.73. The Kier molecular flexibility index (Phi) is 5.03. The molecule has 0 bridgehead atoms. The van der Waals surface area contributed by atoms with E-state index < -0.39 is 23.7 Å². The van der Waals surface area contributed by atoms with Crippen molar-refractivity contribution >= 4 is 11.7 Å². The Morgan fingerprint density at radius 2 is 2.00 bits per heavy atom. The largest absolute Gasteiger partial charge is 0.457 e. The van der Waals surface area contributed by atoms with Gasteiger partial charge in [-0.2, -0.15) is 0 Å². The molecule has 0 amide bonds. The summed E-state index contributed by atoms with van der Waals surface area (Å²) in [5, 5.41) is 0. The van der Waals surface area contributed by atoms with Gasteiger partial charge in [0.15, 0.2) is 11.6 Å². The number of hydrogen-bond acceptors (Lipinski definition) is 4. The molecule has 0 radical (unpaired) electrons. The molecule has 6 heteroatoms. The van der Waals surface area contributed by atoms with Crippen molar-refractivity contribution in [2.45, 2.75) is 20.0 Å². The summed E-state index contributed by atoms with van der Waals surface area (Å²) in [5.41, 5.74) is 5.07. The van der Waals surface area contributed by atoms with E-state index in [4.69, 9.17) is 15.2 Å². The zero-order valence-electron chi connectivity index (χ0n) is 10.2. The SMILES string of the molecule is CCOCC(C)OC(=O)c1cc(F)c(F)cc1N. The average Bonchev–Trinajstić information content (AvgIpc) is 2.31. The third-order valence-electron chi connectivity index (χ3n) is 2.18. The van der Waals surface area contributed by atoms with Crippen LogP contribution in [-0.2, 0) is 9.47 Å². The van der Waals surface area contributed by atoms with Crippen molar-refractivity contribution in [1.82, 2.24) is 0 Å². The maximum atomic E-state index is 13.0. The molecule has 0 aliphatic rings. The molecule has 18 heavy (non-hydrogen) atoms. The Hall–Kier alpha value is -1.69. The van der Waals surface area contributed by atoms with E-state index in [-0.39, 0.29) is 17.9 Å². The molecule has 0 saturated heterocycles. The number of anilines is 1. The molecule has 1 rings (SSSR count). The third kappa shape index (κ3) is 3.66. The molecular weight excluding hydrogens is 244 g/mol. The van der Waals surface area contributed by atoms with Crippen LogP contribution in [0.25, 0.3) is 0 Å². The van der Waals surface area contributed by atoms with Gasteiger partial charge in [-0.05, 0) is 19.9 Å². The molecule has 0 heterocycles. The van der Waals surface area contributed by atoms with E-state index in [9.17, 15) is 13.6 Å². The van der Waals surface area contributed by atoms with Crippen molar-refractivity contribution in [1.29, 1.82) is 0 Å². The Morgan fingerprint density at radius 3 is 2.61 bits per heavy atom. The van der Waals surface area contributed by atoms with Crippen LogP contribution in [-0.4, -0.2) is 25.3 Å². The van der Waals surface area contributed by atoms with Gasteiger partial charge in [0.05, 0.1) is 12.2 Å². The molecule has 1 aromatic rings. The maximum Gasteiger partial charge on any atom is 0.340 e. The average molecular weight is 259 g/mol. The van der Waals surface area contributed by atoms with Gasteiger partial charge >= 0.3 is 5.97 Å². The molecule has 1 atom stereocenters. The van der Waals surface area contributed by atoms with Crippen LogP contribution in [0.4, 0.5) is 14.5 Å². The van der Waals surface area contributed by atoms with Crippen LogP contribution in [0.15, 0.2) is 12.1 Å². The molecule has 0 saturated carbocycles. The Morgan fingerprint density at radius 1 is 1.39 bits per heavy atom. The van der Waals surface area contributed by atoms with Crippen LogP contribution in [0.3, 0.4) is 0 Å². The predicted molar refractivity (Wildman–Crippen MR) is 62.1 cm³/mol. The summed E-state index contributed by atoms with van der Waals surface area (Å²) >= 11 is 0. The molecule has 1 unspecified atom stereocenters. The fourth-order valence-corrected chi connectivity index (χ4v) is 1.30. The second-order valence-corrected chi connectivity index (χ2v) is 3.73. The van der Waals surface area contributed by atoms with Crippen molar-refractivity contribution in [3.05, 3.63) is 29.3 Å². The minimum Gasteiger partial charge on any atom is -0.457 e. The van der Waals surface area contributed by atoms with Crippen molar-refractivity contribution < 1.29 is 23.0 Å². The van der Waals surface area contributed by atoms with E-state index >= 15 is 0 Å². The summed E-state index contributed by atoms with van der Waals surface area (Å²) < 4.78 is 35.9. The van der Waals surface area contributed by atoms with Gasteiger partial charge in [0.25, 0.3) is 0 Å². The van der Waals surface area contributed by atoms with E-state index in [1.807, 2.05) is 6.92 Å². The molecule has 0 aliphatic carbocycles. The fraction of sp³-hybridized carbons (Fsp3) is 0.417. The van der Waals surface area contributed by atoms with Crippen molar-refractivity contribution in [2.75, 3.05) is 18.9 Å².